The van der Waals surface area contributed by atoms with Gasteiger partial charge in [0.2, 0.25) is 0 Å². The van der Waals surface area contributed by atoms with Crippen molar-refractivity contribution in [2.45, 2.75) is 64.8 Å². The van der Waals surface area contributed by atoms with Gasteiger partial charge in [0, 0.05) is 6.04 Å². The molecule has 88 valence electrons. The zero-order chi connectivity index (χ0) is 10.9. The molecule has 1 heteroatoms. The molecule has 0 aromatic carbocycles. The predicted molar refractivity (Wildman–Crippen MR) is 65.9 cm³/mol. The van der Waals surface area contributed by atoms with E-state index in [1.165, 1.54) is 44.9 Å². The Labute approximate surface area is 95.0 Å². The molecule has 0 radical (unpaired) electrons. The first-order valence-electron chi connectivity index (χ1n) is 6.78. The Hall–Kier alpha value is -0.0400. The Morgan fingerprint density at radius 1 is 1.13 bits per heavy atom. The molecule has 0 saturated heterocycles. The summed E-state index contributed by atoms with van der Waals surface area (Å²) in [6, 6.07) is 0.814. The first kappa shape index (κ1) is 11.4. The van der Waals surface area contributed by atoms with Crippen LogP contribution in [0.3, 0.4) is 0 Å². The third kappa shape index (κ3) is 3.21. The third-order valence-electron chi connectivity index (χ3n) is 4.61. The summed E-state index contributed by atoms with van der Waals surface area (Å²) < 4.78 is 0. The van der Waals surface area contributed by atoms with Gasteiger partial charge in [0.15, 0.2) is 0 Å². The molecule has 0 bridgehead atoms. The number of hydrogen-bond donors (Lipinski definition) is 1. The fraction of sp³-hybridized carbons (Fsp3) is 1.00. The maximum atomic E-state index is 3.57. The SMILES string of the molecule is CNC(CC1CC1)C1CCC(C)(C)CC1. The fourth-order valence-corrected chi connectivity index (χ4v) is 3.08. The van der Waals surface area contributed by atoms with Gasteiger partial charge in [-0.3, -0.25) is 0 Å². The first-order chi connectivity index (χ1) is 7.11. The van der Waals surface area contributed by atoms with Crippen LogP contribution in [0.1, 0.15) is 58.8 Å². The van der Waals surface area contributed by atoms with Crippen molar-refractivity contribution in [2.75, 3.05) is 7.05 Å². The van der Waals surface area contributed by atoms with Crippen molar-refractivity contribution >= 4 is 0 Å². The summed E-state index contributed by atoms with van der Waals surface area (Å²) >= 11 is 0. The smallest absolute Gasteiger partial charge is 0.00949 e. The highest BCUT2D eigenvalue weighted by molar-refractivity contribution is 4.88. The molecular formula is C14H27N. The molecule has 2 rings (SSSR count). The van der Waals surface area contributed by atoms with Crippen LogP contribution in [0.25, 0.3) is 0 Å². The minimum Gasteiger partial charge on any atom is -0.317 e. The van der Waals surface area contributed by atoms with Crippen molar-refractivity contribution in [2.24, 2.45) is 17.3 Å². The maximum Gasteiger partial charge on any atom is 0.00949 e. The summed E-state index contributed by atoms with van der Waals surface area (Å²) in [4.78, 5) is 0. The Morgan fingerprint density at radius 2 is 1.73 bits per heavy atom. The van der Waals surface area contributed by atoms with E-state index >= 15 is 0 Å². The molecule has 1 nitrogen and oxygen atoms in total. The molecule has 0 aliphatic heterocycles. The molecule has 1 unspecified atom stereocenters. The molecule has 0 aromatic rings. The minimum atomic E-state index is 0.619. The number of hydrogen-bond acceptors (Lipinski definition) is 1. The van der Waals surface area contributed by atoms with Gasteiger partial charge in [-0.25, -0.2) is 0 Å². The highest BCUT2D eigenvalue weighted by Crippen LogP contribution is 2.42. The maximum absolute atomic E-state index is 3.57. The number of nitrogens with one attached hydrogen (secondary N) is 1. The highest BCUT2D eigenvalue weighted by atomic mass is 14.9. The quantitative estimate of drug-likeness (QED) is 0.746. The molecule has 0 spiro atoms. The molecule has 2 saturated carbocycles. The average molecular weight is 209 g/mol. The second kappa shape index (κ2) is 4.45. The standard InChI is InChI=1S/C14H27N/c1-14(2)8-6-12(7-9-14)13(15-3)10-11-4-5-11/h11-13,15H,4-10H2,1-3H3. The van der Waals surface area contributed by atoms with E-state index in [1.807, 2.05) is 0 Å². The normalized spacial score (nSPS) is 29.0. The van der Waals surface area contributed by atoms with E-state index in [-0.39, 0.29) is 0 Å². The summed E-state index contributed by atoms with van der Waals surface area (Å²) in [6.45, 7) is 4.86. The third-order valence-corrected chi connectivity index (χ3v) is 4.61. The second-order valence-corrected chi connectivity index (χ2v) is 6.58. The van der Waals surface area contributed by atoms with Crippen LogP contribution in [0.4, 0.5) is 0 Å². The van der Waals surface area contributed by atoms with Gasteiger partial charge in [0.05, 0.1) is 0 Å². The molecule has 15 heavy (non-hydrogen) atoms. The molecule has 1 atom stereocenters. The molecular weight excluding hydrogens is 182 g/mol. The van der Waals surface area contributed by atoms with Crippen LogP contribution in [0.5, 0.6) is 0 Å². The Balaban J connectivity index is 1.81. The van der Waals surface area contributed by atoms with E-state index in [1.54, 1.807) is 0 Å². The molecule has 0 aromatic heterocycles. The molecule has 1 N–H and O–H groups in total. The van der Waals surface area contributed by atoms with Gasteiger partial charge in [-0.15, -0.1) is 0 Å². The molecule has 2 aliphatic carbocycles. The largest absolute Gasteiger partial charge is 0.317 e. The Bertz CT molecular complexity index is 195. The van der Waals surface area contributed by atoms with Gasteiger partial charge in [0.25, 0.3) is 0 Å². The molecule has 2 aliphatic rings. The van der Waals surface area contributed by atoms with E-state index in [0.717, 1.165) is 17.9 Å². The number of rotatable bonds is 4. The summed E-state index contributed by atoms with van der Waals surface area (Å²) in [5.41, 5.74) is 0.619. The van der Waals surface area contributed by atoms with Crippen molar-refractivity contribution in [1.82, 2.24) is 5.32 Å². The average Bonchev–Trinajstić information content (AvgIpc) is 2.98. The lowest BCUT2D eigenvalue weighted by molar-refractivity contribution is 0.158. The van der Waals surface area contributed by atoms with Crippen LogP contribution >= 0.6 is 0 Å². The molecule has 0 amide bonds. The van der Waals surface area contributed by atoms with E-state index in [4.69, 9.17) is 0 Å². The van der Waals surface area contributed by atoms with Gasteiger partial charge >= 0.3 is 0 Å². The van der Waals surface area contributed by atoms with Crippen molar-refractivity contribution in [3.8, 4) is 0 Å². The zero-order valence-corrected chi connectivity index (χ0v) is 10.7. The van der Waals surface area contributed by atoms with Gasteiger partial charge in [0.1, 0.15) is 0 Å². The summed E-state index contributed by atoms with van der Waals surface area (Å²) in [6.07, 6.45) is 10.2. The molecule has 2 fully saturated rings. The lowest BCUT2D eigenvalue weighted by Crippen LogP contribution is -2.37. The predicted octanol–water partition coefficient (Wildman–Crippen LogP) is 3.59. The van der Waals surface area contributed by atoms with Gasteiger partial charge in [-0.2, -0.15) is 0 Å². The monoisotopic (exact) mass is 209 g/mol. The van der Waals surface area contributed by atoms with Gasteiger partial charge < -0.3 is 5.32 Å². The topological polar surface area (TPSA) is 12.0 Å². The van der Waals surface area contributed by atoms with Gasteiger partial charge in [-0.1, -0.05) is 26.7 Å². The van der Waals surface area contributed by atoms with Crippen molar-refractivity contribution in [1.29, 1.82) is 0 Å². The van der Waals surface area contributed by atoms with Crippen LogP contribution < -0.4 is 5.32 Å². The van der Waals surface area contributed by atoms with Crippen LogP contribution in [0, 0.1) is 17.3 Å². The van der Waals surface area contributed by atoms with E-state index in [0.29, 0.717) is 5.41 Å². The Kier molecular flexibility index (Phi) is 3.39. The lowest BCUT2D eigenvalue weighted by atomic mass is 9.70. The van der Waals surface area contributed by atoms with Crippen LogP contribution in [-0.4, -0.2) is 13.1 Å². The van der Waals surface area contributed by atoms with Crippen molar-refractivity contribution in [3.05, 3.63) is 0 Å². The zero-order valence-electron chi connectivity index (χ0n) is 10.7. The Morgan fingerprint density at radius 3 is 2.20 bits per heavy atom. The fourth-order valence-electron chi connectivity index (χ4n) is 3.08. The van der Waals surface area contributed by atoms with Crippen LogP contribution in [0.2, 0.25) is 0 Å². The highest BCUT2D eigenvalue weighted by Gasteiger charge is 2.33. The minimum absolute atomic E-state index is 0.619. The van der Waals surface area contributed by atoms with Crippen LogP contribution in [-0.2, 0) is 0 Å². The second-order valence-electron chi connectivity index (χ2n) is 6.58. The summed E-state index contributed by atoms with van der Waals surface area (Å²) in [5.74, 6) is 2.03. The van der Waals surface area contributed by atoms with Crippen LogP contribution in [0.15, 0.2) is 0 Å². The summed E-state index contributed by atoms with van der Waals surface area (Å²) in [7, 11) is 2.16. The van der Waals surface area contributed by atoms with Crippen molar-refractivity contribution < 1.29 is 0 Å². The van der Waals surface area contributed by atoms with E-state index in [2.05, 4.69) is 26.2 Å². The first-order valence-corrected chi connectivity index (χ1v) is 6.78. The summed E-state index contributed by atoms with van der Waals surface area (Å²) in [5, 5.41) is 3.57. The lowest BCUT2D eigenvalue weighted by Gasteiger charge is -2.38. The van der Waals surface area contributed by atoms with E-state index in [9.17, 15) is 0 Å². The van der Waals surface area contributed by atoms with Gasteiger partial charge in [-0.05, 0) is 56.4 Å². The van der Waals surface area contributed by atoms with Crippen molar-refractivity contribution in [3.63, 3.8) is 0 Å². The van der Waals surface area contributed by atoms with E-state index < -0.39 is 0 Å². The molecule has 0 heterocycles.